The fraction of sp³-hybridized carbons (Fsp3) is 0.143. The molecule has 0 spiro atoms. The number of aromatic carboxylic acids is 1. The number of halogens is 1. The summed E-state index contributed by atoms with van der Waals surface area (Å²) in [6.07, 6.45) is 4.40. The quantitative estimate of drug-likeness (QED) is 0.888. The Labute approximate surface area is 119 Å². The van der Waals surface area contributed by atoms with Crippen molar-refractivity contribution in [3.05, 3.63) is 58.3 Å². The second-order valence-corrected chi connectivity index (χ2v) is 4.99. The number of nitrogens with zero attached hydrogens (tertiary/aromatic N) is 1. The number of aromatic nitrogens is 1. The molecule has 5 heteroatoms. The molecule has 0 aliphatic carbocycles. The lowest BCUT2D eigenvalue weighted by Gasteiger charge is -2.08. The zero-order valence-corrected chi connectivity index (χ0v) is 11.7. The first-order chi connectivity index (χ1) is 9.15. The fourth-order valence-electron chi connectivity index (χ4n) is 1.71. The monoisotopic (exact) mass is 320 g/mol. The van der Waals surface area contributed by atoms with Crippen LogP contribution in [-0.4, -0.2) is 22.6 Å². The van der Waals surface area contributed by atoms with E-state index in [9.17, 15) is 4.79 Å². The predicted molar refractivity (Wildman–Crippen MR) is 77.5 cm³/mol. The summed E-state index contributed by atoms with van der Waals surface area (Å²) < 4.78 is 0.747. The summed E-state index contributed by atoms with van der Waals surface area (Å²) in [6, 6.07) is 8.97. The van der Waals surface area contributed by atoms with E-state index in [1.807, 2.05) is 24.4 Å². The van der Waals surface area contributed by atoms with Gasteiger partial charge in [0.05, 0.1) is 5.56 Å². The average molecular weight is 321 g/mol. The SMILES string of the molecule is O=C(O)c1cc(Br)cc(NCCc2cccnc2)c1. The molecule has 0 radical (unpaired) electrons. The van der Waals surface area contributed by atoms with Crippen LogP contribution in [0.1, 0.15) is 15.9 Å². The molecule has 1 heterocycles. The van der Waals surface area contributed by atoms with Crippen molar-refractivity contribution < 1.29 is 9.90 Å². The molecular formula is C14H13BrN2O2. The van der Waals surface area contributed by atoms with Crippen molar-refractivity contribution >= 4 is 27.6 Å². The Morgan fingerprint density at radius 3 is 2.89 bits per heavy atom. The largest absolute Gasteiger partial charge is 0.478 e. The Morgan fingerprint density at radius 2 is 2.21 bits per heavy atom. The number of benzene rings is 1. The molecule has 98 valence electrons. The highest BCUT2D eigenvalue weighted by Gasteiger charge is 2.05. The highest BCUT2D eigenvalue weighted by molar-refractivity contribution is 9.10. The number of carbonyl (C=O) groups is 1. The molecule has 0 unspecified atom stereocenters. The Hall–Kier alpha value is -1.88. The van der Waals surface area contributed by atoms with Gasteiger partial charge in [0.1, 0.15) is 0 Å². The number of anilines is 1. The van der Waals surface area contributed by atoms with Crippen LogP contribution >= 0.6 is 15.9 Å². The van der Waals surface area contributed by atoms with Crippen LogP contribution < -0.4 is 5.32 Å². The molecule has 0 saturated heterocycles. The molecule has 2 aromatic rings. The van der Waals surface area contributed by atoms with Gasteiger partial charge in [0.25, 0.3) is 0 Å². The van der Waals surface area contributed by atoms with E-state index in [0.29, 0.717) is 0 Å². The number of pyridine rings is 1. The van der Waals surface area contributed by atoms with Crippen molar-refractivity contribution in [2.45, 2.75) is 6.42 Å². The molecule has 19 heavy (non-hydrogen) atoms. The van der Waals surface area contributed by atoms with Gasteiger partial charge in [-0.15, -0.1) is 0 Å². The lowest BCUT2D eigenvalue weighted by atomic mass is 10.2. The van der Waals surface area contributed by atoms with Crippen molar-refractivity contribution in [1.29, 1.82) is 0 Å². The molecule has 0 amide bonds. The summed E-state index contributed by atoms with van der Waals surface area (Å²) in [5.41, 5.74) is 2.19. The summed E-state index contributed by atoms with van der Waals surface area (Å²) in [7, 11) is 0. The minimum Gasteiger partial charge on any atom is -0.478 e. The number of carboxylic acid groups (broad SMARTS) is 1. The van der Waals surface area contributed by atoms with E-state index in [-0.39, 0.29) is 5.56 Å². The smallest absolute Gasteiger partial charge is 0.335 e. The molecule has 2 N–H and O–H groups in total. The first-order valence-electron chi connectivity index (χ1n) is 5.82. The lowest BCUT2D eigenvalue weighted by Crippen LogP contribution is -2.06. The molecular weight excluding hydrogens is 308 g/mol. The van der Waals surface area contributed by atoms with E-state index >= 15 is 0 Å². The normalized spacial score (nSPS) is 10.2. The highest BCUT2D eigenvalue weighted by atomic mass is 79.9. The third kappa shape index (κ3) is 4.06. The van der Waals surface area contributed by atoms with Gasteiger partial charge in [-0.1, -0.05) is 22.0 Å². The van der Waals surface area contributed by atoms with Crippen LogP contribution in [-0.2, 0) is 6.42 Å². The zero-order valence-electron chi connectivity index (χ0n) is 10.1. The molecule has 0 aliphatic heterocycles. The van der Waals surface area contributed by atoms with Gasteiger partial charge in [0.2, 0.25) is 0 Å². The lowest BCUT2D eigenvalue weighted by molar-refractivity contribution is 0.0697. The van der Waals surface area contributed by atoms with Gasteiger partial charge in [0, 0.05) is 29.1 Å². The maximum absolute atomic E-state index is 10.9. The van der Waals surface area contributed by atoms with E-state index < -0.39 is 5.97 Å². The molecule has 0 aliphatic rings. The number of hydrogen-bond acceptors (Lipinski definition) is 3. The summed E-state index contributed by atoms with van der Waals surface area (Å²) in [6.45, 7) is 0.723. The summed E-state index contributed by atoms with van der Waals surface area (Å²) in [5, 5.41) is 12.2. The van der Waals surface area contributed by atoms with Crippen LogP contribution in [0.15, 0.2) is 47.2 Å². The summed E-state index contributed by atoms with van der Waals surface area (Å²) in [5.74, 6) is -0.934. The van der Waals surface area contributed by atoms with Gasteiger partial charge in [-0.25, -0.2) is 4.79 Å². The number of rotatable bonds is 5. The minimum atomic E-state index is -0.934. The molecule has 0 atom stereocenters. The Balaban J connectivity index is 1.98. The number of nitrogens with one attached hydrogen (secondary N) is 1. The van der Waals surface area contributed by atoms with E-state index in [1.54, 1.807) is 18.3 Å². The topological polar surface area (TPSA) is 62.2 Å². The van der Waals surface area contributed by atoms with E-state index in [1.165, 1.54) is 0 Å². The van der Waals surface area contributed by atoms with E-state index in [4.69, 9.17) is 5.11 Å². The van der Waals surface area contributed by atoms with Gasteiger partial charge in [-0.3, -0.25) is 4.98 Å². The summed E-state index contributed by atoms with van der Waals surface area (Å²) >= 11 is 3.30. The van der Waals surface area contributed by atoms with E-state index in [0.717, 1.165) is 28.7 Å². The molecule has 1 aromatic carbocycles. The molecule has 2 rings (SSSR count). The van der Waals surface area contributed by atoms with Crippen molar-refractivity contribution in [2.24, 2.45) is 0 Å². The first kappa shape index (κ1) is 13.5. The second kappa shape index (κ2) is 6.33. The molecule has 0 saturated carbocycles. The van der Waals surface area contributed by atoms with Crippen molar-refractivity contribution in [3.63, 3.8) is 0 Å². The van der Waals surface area contributed by atoms with Crippen molar-refractivity contribution in [2.75, 3.05) is 11.9 Å². The van der Waals surface area contributed by atoms with Crippen LogP contribution in [0.3, 0.4) is 0 Å². The van der Waals surface area contributed by atoms with Crippen LogP contribution in [0.4, 0.5) is 5.69 Å². The van der Waals surface area contributed by atoms with Crippen LogP contribution in [0, 0.1) is 0 Å². The molecule has 0 fully saturated rings. The third-order valence-corrected chi connectivity index (χ3v) is 3.07. The highest BCUT2D eigenvalue weighted by Crippen LogP contribution is 2.19. The van der Waals surface area contributed by atoms with Gasteiger partial charge in [0.15, 0.2) is 0 Å². The van der Waals surface area contributed by atoms with Crippen LogP contribution in [0.25, 0.3) is 0 Å². The van der Waals surface area contributed by atoms with Crippen molar-refractivity contribution in [1.82, 2.24) is 4.98 Å². The average Bonchev–Trinajstić information content (AvgIpc) is 2.39. The number of hydrogen-bond donors (Lipinski definition) is 2. The Kier molecular flexibility index (Phi) is 4.52. The van der Waals surface area contributed by atoms with Gasteiger partial charge >= 0.3 is 5.97 Å². The van der Waals surface area contributed by atoms with E-state index in [2.05, 4.69) is 26.2 Å². The molecule has 4 nitrogen and oxygen atoms in total. The van der Waals surface area contributed by atoms with Gasteiger partial charge in [-0.05, 0) is 36.2 Å². The van der Waals surface area contributed by atoms with Gasteiger partial charge in [-0.2, -0.15) is 0 Å². The fourth-order valence-corrected chi connectivity index (χ4v) is 2.21. The number of carboxylic acids is 1. The molecule has 1 aromatic heterocycles. The van der Waals surface area contributed by atoms with Gasteiger partial charge < -0.3 is 10.4 Å². The third-order valence-electron chi connectivity index (χ3n) is 2.61. The Morgan fingerprint density at radius 1 is 1.37 bits per heavy atom. The summed E-state index contributed by atoms with van der Waals surface area (Å²) in [4.78, 5) is 15.0. The maximum atomic E-state index is 10.9. The first-order valence-corrected chi connectivity index (χ1v) is 6.61. The Bertz CT molecular complexity index is 573. The van der Waals surface area contributed by atoms with Crippen LogP contribution in [0.2, 0.25) is 0 Å². The van der Waals surface area contributed by atoms with Crippen LogP contribution in [0.5, 0.6) is 0 Å². The second-order valence-electron chi connectivity index (χ2n) is 4.07. The standard InChI is InChI=1S/C14H13BrN2O2/c15-12-6-11(14(18)19)7-13(8-12)17-5-3-10-2-1-4-16-9-10/h1-2,4,6-9,17H,3,5H2,(H,18,19). The molecule has 0 bridgehead atoms. The maximum Gasteiger partial charge on any atom is 0.335 e. The predicted octanol–water partition coefficient (Wildman–Crippen LogP) is 3.20. The minimum absolute atomic E-state index is 0.262. The van der Waals surface area contributed by atoms with Crippen molar-refractivity contribution in [3.8, 4) is 0 Å². The zero-order chi connectivity index (χ0) is 13.7.